The Morgan fingerprint density at radius 3 is 2.53 bits per heavy atom. The summed E-state index contributed by atoms with van der Waals surface area (Å²) in [5, 5.41) is 13.0. The Morgan fingerprint density at radius 2 is 1.71 bits per heavy atom. The third-order valence-corrected chi connectivity index (χ3v) is 13.7. The number of carbonyl (C=O) groups excluding carboxylic acids is 2. The molecule has 10 rings (SSSR count). The smallest absolute Gasteiger partial charge is 0.355 e. The average molecular weight is 790 g/mol. The number of esters is 2. The first kappa shape index (κ1) is 37.2. The number of carboxylic acid groups (broad SMARTS) is 1. The fraction of sp³-hybridized carbons (Fsp3) is 0.388. The molecule has 5 heterocycles. The van der Waals surface area contributed by atoms with Gasteiger partial charge in [0.2, 0.25) is 0 Å². The maximum atomic E-state index is 14.3. The normalized spacial score (nSPS) is 21.5. The van der Waals surface area contributed by atoms with Gasteiger partial charge in [0.1, 0.15) is 18.0 Å². The predicted molar refractivity (Wildman–Crippen MR) is 224 cm³/mol. The van der Waals surface area contributed by atoms with Crippen molar-refractivity contribution in [2.75, 3.05) is 31.8 Å². The molecule has 300 valence electrons. The quantitative estimate of drug-likeness (QED) is 0.150. The van der Waals surface area contributed by atoms with E-state index in [0.717, 1.165) is 83.5 Å². The second kappa shape index (κ2) is 15.3. The zero-order valence-corrected chi connectivity index (χ0v) is 33.2. The van der Waals surface area contributed by atoms with Crippen LogP contribution in [0.3, 0.4) is 0 Å². The molecule has 6 aromatic rings. The monoisotopic (exact) mass is 789 g/mol. The molecule has 0 amide bonds. The Bertz CT molecular complexity index is 2620. The SMILES string of the molecule is COC(=O)c1ccc2c(C3CCCCC3)c3c4ccccc4cc(C(=O)OCCC4CCC(C5c6ccc(C(=O)O)cc6N6CCOc7cc#cnc7C56)CC4)n3c2c1. The molecular weight excluding hydrogens is 743 g/mol. The van der Waals surface area contributed by atoms with E-state index < -0.39 is 11.9 Å². The van der Waals surface area contributed by atoms with Crippen molar-refractivity contribution in [3.8, 4) is 5.75 Å². The summed E-state index contributed by atoms with van der Waals surface area (Å²) in [5.41, 5.74) is 7.23. The van der Waals surface area contributed by atoms with Crippen molar-refractivity contribution < 1.29 is 33.7 Å². The van der Waals surface area contributed by atoms with E-state index in [1.807, 2.05) is 59.0 Å². The number of nitrogens with zero attached hydrogens (tertiary/aromatic N) is 3. The maximum Gasteiger partial charge on any atom is 0.355 e. The molecule has 0 spiro atoms. The molecule has 0 saturated heterocycles. The largest absolute Gasteiger partial charge is 0.489 e. The molecule has 10 nitrogen and oxygen atoms in total. The number of hydrogen-bond donors (Lipinski definition) is 1. The van der Waals surface area contributed by atoms with E-state index in [4.69, 9.17) is 14.2 Å². The number of aromatic nitrogens is 2. The zero-order valence-electron chi connectivity index (χ0n) is 33.2. The van der Waals surface area contributed by atoms with Gasteiger partial charge in [-0.25, -0.2) is 14.4 Å². The lowest BCUT2D eigenvalue weighted by Crippen LogP contribution is -2.32. The van der Waals surface area contributed by atoms with Crippen molar-refractivity contribution in [1.82, 2.24) is 9.38 Å². The first-order chi connectivity index (χ1) is 28.9. The van der Waals surface area contributed by atoms with Crippen LogP contribution in [0.4, 0.5) is 5.69 Å². The average Bonchev–Trinajstić information content (AvgIpc) is 3.71. The van der Waals surface area contributed by atoms with Gasteiger partial charge in [0.15, 0.2) is 5.75 Å². The second-order valence-corrected chi connectivity index (χ2v) is 16.8. The van der Waals surface area contributed by atoms with Crippen LogP contribution < -0.4 is 9.64 Å². The minimum atomic E-state index is -0.940. The summed E-state index contributed by atoms with van der Waals surface area (Å²) in [7, 11) is 1.39. The van der Waals surface area contributed by atoms with Crippen LogP contribution in [0.2, 0.25) is 0 Å². The van der Waals surface area contributed by atoms with E-state index in [1.165, 1.54) is 37.5 Å². The second-order valence-electron chi connectivity index (χ2n) is 16.8. The van der Waals surface area contributed by atoms with Gasteiger partial charge in [-0.15, -0.1) is 0 Å². The molecule has 0 radical (unpaired) electrons. The van der Waals surface area contributed by atoms with Crippen molar-refractivity contribution in [1.29, 1.82) is 0 Å². The first-order valence-corrected chi connectivity index (χ1v) is 21.2. The lowest BCUT2D eigenvalue weighted by molar-refractivity contribution is 0.0459. The number of hydrogen-bond acceptors (Lipinski definition) is 8. The van der Waals surface area contributed by atoms with Gasteiger partial charge in [-0.3, -0.25) is 0 Å². The molecule has 0 bridgehead atoms. The minimum absolute atomic E-state index is 0.0780. The molecule has 2 unspecified atom stereocenters. The highest BCUT2D eigenvalue weighted by molar-refractivity contribution is 6.10. The number of aromatic carboxylic acids is 1. The molecule has 10 heteroatoms. The standard InChI is InChI=1S/C49H47N3O7/c1-57-48(55)34-18-20-37-39(28-34)52-40(26-32-10-5-6-11-35(32)45(52)42(37)30-8-3-2-4-9-30)49(56)59-24-21-29-13-15-31(16-14-29)43-36-19-17-33(47(53)54)27-38(36)51-23-25-58-41-12-7-22-50-44(41)46(43)51/h5-6,10-12,17-20,26-31,43,46H,2-4,8-9,13-16,21,23-25H2,1H3,(H,53,54). The molecule has 3 aromatic heterocycles. The van der Waals surface area contributed by atoms with Crippen LogP contribution in [0.1, 0.15) is 130 Å². The van der Waals surface area contributed by atoms with E-state index in [1.54, 1.807) is 6.07 Å². The predicted octanol–water partition coefficient (Wildman–Crippen LogP) is 9.86. The summed E-state index contributed by atoms with van der Waals surface area (Å²) in [6.45, 7) is 1.41. The number of carboxylic acids is 1. The highest BCUT2D eigenvalue weighted by atomic mass is 16.5. The molecule has 4 aliphatic rings. The van der Waals surface area contributed by atoms with Crippen LogP contribution in [0.5, 0.6) is 5.75 Å². The fourth-order valence-corrected chi connectivity index (χ4v) is 11.0. The molecule has 2 saturated carbocycles. The van der Waals surface area contributed by atoms with Gasteiger partial charge in [0.25, 0.3) is 0 Å². The van der Waals surface area contributed by atoms with Crippen LogP contribution in [-0.2, 0) is 9.47 Å². The molecular formula is C49H47N3O7. The lowest BCUT2D eigenvalue weighted by atomic mass is 9.71. The maximum absolute atomic E-state index is 14.3. The van der Waals surface area contributed by atoms with Crippen LogP contribution in [0.25, 0.3) is 27.2 Å². The van der Waals surface area contributed by atoms with Crippen LogP contribution in [0, 0.1) is 24.1 Å². The van der Waals surface area contributed by atoms with E-state index >= 15 is 0 Å². The van der Waals surface area contributed by atoms with Gasteiger partial charge in [-0.2, -0.15) is 4.98 Å². The summed E-state index contributed by atoms with van der Waals surface area (Å²) in [6.07, 6.45) is 13.4. The third-order valence-electron chi connectivity index (χ3n) is 13.7. The van der Waals surface area contributed by atoms with Crippen molar-refractivity contribution in [2.45, 2.75) is 82.1 Å². The summed E-state index contributed by atoms with van der Waals surface area (Å²) >= 11 is 0. The van der Waals surface area contributed by atoms with Crippen LogP contribution in [-0.4, -0.2) is 59.3 Å². The summed E-state index contributed by atoms with van der Waals surface area (Å²) in [5.74, 6) is 0.233. The Labute approximate surface area is 343 Å². The Kier molecular flexibility index (Phi) is 9.62. The number of pyridine rings is 1. The van der Waals surface area contributed by atoms with Crippen molar-refractivity contribution in [2.24, 2.45) is 11.8 Å². The van der Waals surface area contributed by atoms with Gasteiger partial charge in [0.05, 0.1) is 48.5 Å². The third kappa shape index (κ3) is 6.42. The number of carbonyl (C=O) groups is 3. The zero-order chi connectivity index (χ0) is 40.2. The van der Waals surface area contributed by atoms with Crippen LogP contribution in [0.15, 0.2) is 72.8 Å². The van der Waals surface area contributed by atoms with E-state index in [-0.39, 0.29) is 23.5 Å². The van der Waals surface area contributed by atoms with Crippen molar-refractivity contribution >= 4 is 50.8 Å². The van der Waals surface area contributed by atoms with E-state index in [0.29, 0.717) is 54.5 Å². The Morgan fingerprint density at radius 1 is 0.898 bits per heavy atom. The highest BCUT2D eigenvalue weighted by Gasteiger charge is 2.47. The van der Waals surface area contributed by atoms with Crippen molar-refractivity contribution in [3.05, 3.63) is 119 Å². The molecule has 2 atom stereocenters. The van der Waals surface area contributed by atoms with Gasteiger partial charge >= 0.3 is 17.9 Å². The van der Waals surface area contributed by atoms with E-state index in [2.05, 4.69) is 34.3 Å². The molecule has 59 heavy (non-hydrogen) atoms. The molecule has 1 N–H and O–H groups in total. The van der Waals surface area contributed by atoms with Gasteiger partial charge in [0, 0.05) is 34.6 Å². The molecule has 2 aliphatic heterocycles. The van der Waals surface area contributed by atoms with Crippen molar-refractivity contribution in [3.63, 3.8) is 0 Å². The minimum Gasteiger partial charge on any atom is -0.489 e. The highest BCUT2D eigenvalue weighted by Crippen LogP contribution is 2.57. The Hall–Kier alpha value is -6.08. The number of anilines is 1. The van der Waals surface area contributed by atoms with Gasteiger partial charge in [-0.05, 0) is 103 Å². The number of fused-ring (bicyclic) bond motifs is 10. The van der Waals surface area contributed by atoms with Gasteiger partial charge < -0.3 is 28.6 Å². The van der Waals surface area contributed by atoms with Gasteiger partial charge in [-0.1, -0.05) is 68.5 Å². The number of benzene rings is 3. The number of methoxy groups -OCH3 is 1. The number of ether oxygens (including phenoxy) is 3. The summed E-state index contributed by atoms with van der Waals surface area (Å²) < 4.78 is 19.4. The van der Waals surface area contributed by atoms with Crippen LogP contribution >= 0.6 is 0 Å². The summed E-state index contributed by atoms with van der Waals surface area (Å²) in [4.78, 5) is 46.1. The fourth-order valence-electron chi connectivity index (χ4n) is 11.0. The lowest BCUT2D eigenvalue weighted by Gasteiger charge is -2.36. The molecule has 3 aromatic carbocycles. The summed E-state index contributed by atoms with van der Waals surface area (Å²) in [6, 6.07) is 26.1. The van der Waals surface area contributed by atoms with E-state index in [9.17, 15) is 19.5 Å². The first-order valence-electron chi connectivity index (χ1n) is 21.2. The topological polar surface area (TPSA) is 120 Å². The molecule has 2 fully saturated rings. The number of rotatable bonds is 8. The Balaban J connectivity index is 0.904. The molecule has 2 aliphatic carbocycles.